The highest BCUT2D eigenvalue weighted by atomic mass is 35.5. The van der Waals surface area contributed by atoms with E-state index in [2.05, 4.69) is 36.1 Å². The number of nitrogens with zero attached hydrogens (tertiary/aromatic N) is 2. The molecule has 0 aliphatic heterocycles. The van der Waals surface area contributed by atoms with Gasteiger partial charge in [-0.15, -0.1) is 0 Å². The molecular weight excluding hydrogens is 250 g/mol. The highest BCUT2D eigenvalue weighted by Crippen LogP contribution is 2.28. The summed E-state index contributed by atoms with van der Waals surface area (Å²) >= 11 is 6.20. The van der Waals surface area contributed by atoms with Gasteiger partial charge >= 0.3 is 6.01 Å². The molecule has 0 aromatic carbocycles. The topological polar surface area (TPSA) is 47.0 Å². The molecule has 102 valence electrons. The van der Waals surface area contributed by atoms with Gasteiger partial charge in [0.25, 0.3) is 0 Å². The molecule has 1 N–H and O–H groups in total. The third-order valence-electron chi connectivity index (χ3n) is 3.04. The summed E-state index contributed by atoms with van der Waals surface area (Å²) in [5.41, 5.74) is 0.863. The molecule has 1 heterocycles. The van der Waals surface area contributed by atoms with Gasteiger partial charge in [0.15, 0.2) is 0 Å². The number of halogens is 1. The first-order chi connectivity index (χ1) is 8.63. The maximum Gasteiger partial charge on any atom is 0.316 e. The maximum atomic E-state index is 6.20. The molecule has 2 atom stereocenters. The number of hydrogen-bond acceptors (Lipinski definition) is 4. The molecular formula is C13H22ClN3O. The van der Waals surface area contributed by atoms with Gasteiger partial charge in [-0.3, -0.25) is 0 Å². The largest absolute Gasteiger partial charge is 0.467 e. The molecule has 0 spiro atoms. The predicted octanol–water partition coefficient (Wildman–Crippen LogP) is 3.02. The molecule has 1 aromatic heterocycles. The van der Waals surface area contributed by atoms with Gasteiger partial charge in [0.1, 0.15) is 0 Å². The number of nitrogens with one attached hydrogen (secondary N) is 1. The molecule has 0 fully saturated rings. The maximum absolute atomic E-state index is 6.20. The van der Waals surface area contributed by atoms with E-state index in [0.29, 0.717) is 17.1 Å². The predicted molar refractivity (Wildman–Crippen MR) is 74.4 cm³/mol. The van der Waals surface area contributed by atoms with Gasteiger partial charge in [0.2, 0.25) is 0 Å². The Morgan fingerprint density at radius 2 is 2.17 bits per heavy atom. The van der Waals surface area contributed by atoms with E-state index in [9.17, 15) is 0 Å². The number of methoxy groups -OCH3 is 1. The molecule has 0 aliphatic carbocycles. The van der Waals surface area contributed by atoms with E-state index >= 15 is 0 Å². The van der Waals surface area contributed by atoms with Crippen LogP contribution in [0.2, 0.25) is 5.02 Å². The van der Waals surface area contributed by atoms with Crippen molar-refractivity contribution in [2.45, 2.75) is 45.6 Å². The highest BCUT2D eigenvalue weighted by Gasteiger charge is 2.22. The third kappa shape index (κ3) is 3.82. The van der Waals surface area contributed by atoms with Crippen molar-refractivity contribution >= 4 is 11.6 Å². The van der Waals surface area contributed by atoms with Crippen LogP contribution in [0.25, 0.3) is 0 Å². The fourth-order valence-electron chi connectivity index (χ4n) is 2.02. The van der Waals surface area contributed by atoms with Crippen LogP contribution in [0.1, 0.15) is 45.2 Å². The summed E-state index contributed by atoms with van der Waals surface area (Å²) in [5, 5.41) is 4.09. The van der Waals surface area contributed by atoms with Crippen LogP contribution in [0, 0.1) is 0 Å². The van der Waals surface area contributed by atoms with Gasteiger partial charge in [-0.25, -0.2) is 4.98 Å². The van der Waals surface area contributed by atoms with Gasteiger partial charge in [-0.1, -0.05) is 25.4 Å². The first-order valence-corrected chi connectivity index (χ1v) is 6.81. The normalized spacial score (nSPS) is 14.3. The van der Waals surface area contributed by atoms with Crippen molar-refractivity contribution in [3.63, 3.8) is 0 Å². The Hall–Kier alpha value is -0.870. The minimum atomic E-state index is 0.265. The van der Waals surface area contributed by atoms with Crippen molar-refractivity contribution in [2.75, 3.05) is 13.7 Å². The summed E-state index contributed by atoms with van der Waals surface area (Å²) < 4.78 is 5.06. The van der Waals surface area contributed by atoms with E-state index in [-0.39, 0.29) is 5.92 Å². The lowest BCUT2D eigenvalue weighted by molar-refractivity contribution is 0.371. The van der Waals surface area contributed by atoms with Crippen LogP contribution < -0.4 is 10.1 Å². The Balaban J connectivity index is 2.92. The number of hydrogen-bond donors (Lipinski definition) is 1. The zero-order valence-corrected chi connectivity index (χ0v) is 12.3. The molecule has 2 unspecified atom stereocenters. The summed E-state index contributed by atoms with van der Waals surface area (Å²) in [6, 6.07) is 0.697. The summed E-state index contributed by atoms with van der Waals surface area (Å²) in [4.78, 5) is 8.40. The standard InChI is InChI=1S/C13H22ClN3O/c1-5-7-15-9(3)10(6-2)12-11(14)8-16-13(17-12)18-4/h8-10,15H,5-7H2,1-4H3. The first kappa shape index (κ1) is 15.2. The lowest BCUT2D eigenvalue weighted by Gasteiger charge is -2.24. The Bertz CT molecular complexity index is 373. The molecule has 0 saturated heterocycles. The van der Waals surface area contributed by atoms with Crippen LogP contribution in [-0.4, -0.2) is 29.7 Å². The fourth-order valence-corrected chi connectivity index (χ4v) is 2.25. The van der Waals surface area contributed by atoms with Crippen molar-refractivity contribution < 1.29 is 4.74 Å². The zero-order valence-electron chi connectivity index (χ0n) is 11.5. The number of rotatable bonds is 7. The van der Waals surface area contributed by atoms with Crippen molar-refractivity contribution in [1.29, 1.82) is 0 Å². The summed E-state index contributed by atoms with van der Waals surface area (Å²) in [5.74, 6) is 0.265. The molecule has 0 radical (unpaired) electrons. The SMILES string of the molecule is CCCNC(C)C(CC)c1nc(OC)ncc1Cl. The summed E-state index contributed by atoms with van der Waals surface area (Å²) in [6.07, 6.45) is 3.69. The molecule has 1 rings (SSSR count). The molecule has 0 aliphatic rings. The van der Waals surface area contributed by atoms with E-state index in [0.717, 1.165) is 25.1 Å². The van der Waals surface area contributed by atoms with E-state index < -0.39 is 0 Å². The zero-order chi connectivity index (χ0) is 13.5. The fraction of sp³-hybridized carbons (Fsp3) is 0.692. The van der Waals surface area contributed by atoms with Crippen LogP contribution in [0.5, 0.6) is 6.01 Å². The van der Waals surface area contributed by atoms with Gasteiger partial charge in [-0.2, -0.15) is 4.98 Å². The first-order valence-electron chi connectivity index (χ1n) is 6.43. The van der Waals surface area contributed by atoms with E-state index in [1.165, 1.54) is 0 Å². The van der Waals surface area contributed by atoms with E-state index in [1.54, 1.807) is 13.3 Å². The molecule has 5 heteroatoms. The Morgan fingerprint density at radius 3 is 2.72 bits per heavy atom. The van der Waals surface area contributed by atoms with Gasteiger partial charge in [-0.05, 0) is 26.3 Å². The van der Waals surface area contributed by atoms with Gasteiger partial charge < -0.3 is 10.1 Å². The molecule has 4 nitrogen and oxygen atoms in total. The summed E-state index contributed by atoms with van der Waals surface area (Å²) in [7, 11) is 1.56. The third-order valence-corrected chi connectivity index (χ3v) is 3.33. The number of aromatic nitrogens is 2. The highest BCUT2D eigenvalue weighted by molar-refractivity contribution is 6.31. The molecule has 0 amide bonds. The minimum absolute atomic E-state index is 0.265. The Kier molecular flexibility index (Phi) is 6.36. The van der Waals surface area contributed by atoms with Crippen molar-refractivity contribution in [3.05, 3.63) is 16.9 Å². The molecule has 1 aromatic rings. The lowest BCUT2D eigenvalue weighted by atomic mass is 9.94. The van der Waals surface area contributed by atoms with Crippen LogP contribution >= 0.6 is 11.6 Å². The molecule has 18 heavy (non-hydrogen) atoms. The van der Waals surface area contributed by atoms with Crippen LogP contribution in [0.4, 0.5) is 0 Å². The monoisotopic (exact) mass is 271 g/mol. The van der Waals surface area contributed by atoms with Crippen LogP contribution in [0.3, 0.4) is 0 Å². The van der Waals surface area contributed by atoms with Crippen molar-refractivity contribution in [3.8, 4) is 6.01 Å². The Labute approximate surface area is 114 Å². The van der Waals surface area contributed by atoms with Crippen LogP contribution in [-0.2, 0) is 0 Å². The Morgan fingerprint density at radius 1 is 1.44 bits per heavy atom. The van der Waals surface area contributed by atoms with Gasteiger partial charge in [0.05, 0.1) is 24.0 Å². The molecule has 0 bridgehead atoms. The second kappa shape index (κ2) is 7.54. The minimum Gasteiger partial charge on any atom is -0.467 e. The average Bonchev–Trinajstić information content (AvgIpc) is 2.39. The van der Waals surface area contributed by atoms with Gasteiger partial charge in [0, 0.05) is 12.0 Å². The summed E-state index contributed by atoms with van der Waals surface area (Å²) in [6.45, 7) is 7.45. The number of ether oxygens (including phenoxy) is 1. The smallest absolute Gasteiger partial charge is 0.316 e. The lowest BCUT2D eigenvalue weighted by Crippen LogP contribution is -2.33. The second-order valence-corrected chi connectivity index (χ2v) is 4.75. The van der Waals surface area contributed by atoms with Crippen molar-refractivity contribution in [1.82, 2.24) is 15.3 Å². The molecule has 0 saturated carbocycles. The second-order valence-electron chi connectivity index (χ2n) is 4.35. The van der Waals surface area contributed by atoms with E-state index in [4.69, 9.17) is 16.3 Å². The van der Waals surface area contributed by atoms with Crippen molar-refractivity contribution in [2.24, 2.45) is 0 Å². The van der Waals surface area contributed by atoms with Crippen LogP contribution in [0.15, 0.2) is 6.20 Å². The average molecular weight is 272 g/mol. The quantitative estimate of drug-likeness (QED) is 0.828. The van der Waals surface area contributed by atoms with E-state index in [1.807, 2.05) is 0 Å².